The topological polar surface area (TPSA) is 44.8 Å². The first-order valence-electron chi connectivity index (χ1n) is 6.12. The number of esters is 1. The van der Waals surface area contributed by atoms with Gasteiger partial charge in [0.05, 0.1) is 20.8 Å². The van der Waals surface area contributed by atoms with Crippen LogP contribution < -0.4 is 9.47 Å². The van der Waals surface area contributed by atoms with E-state index in [-0.39, 0.29) is 5.97 Å². The van der Waals surface area contributed by atoms with E-state index in [9.17, 15) is 4.79 Å². The van der Waals surface area contributed by atoms with Crippen LogP contribution in [0.4, 0.5) is 0 Å². The van der Waals surface area contributed by atoms with Crippen LogP contribution in [0.1, 0.15) is 23.6 Å². The monoisotopic (exact) mass is 264 g/mol. The maximum Gasteiger partial charge on any atom is 0.330 e. The second-order valence-electron chi connectivity index (χ2n) is 4.04. The first-order valence-corrected chi connectivity index (χ1v) is 6.12. The van der Waals surface area contributed by atoms with Gasteiger partial charge in [0.25, 0.3) is 0 Å². The van der Waals surface area contributed by atoms with Crippen molar-refractivity contribution in [3.8, 4) is 11.5 Å². The van der Waals surface area contributed by atoms with Crippen LogP contribution in [-0.2, 0) is 9.53 Å². The summed E-state index contributed by atoms with van der Waals surface area (Å²) >= 11 is 0. The second kappa shape index (κ2) is 6.83. The van der Waals surface area contributed by atoms with Crippen LogP contribution >= 0.6 is 0 Å². The summed E-state index contributed by atoms with van der Waals surface area (Å²) in [6.45, 7) is 6.05. The van der Waals surface area contributed by atoms with Crippen LogP contribution in [0.5, 0.6) is 11.5 Å². The van der Waals surface area contributed by atoms with Crippen LogP contribution in [0.25, 0.3) is 6.08 Å². The highest BCUT2D eigenvalue weighted by Crippen LogP contribution is 2.33. The van der Waals surface area contributed by atoms with Gasteiger partial charge in [-0.05, 0) is 44.0 Å². The average Bonchev–Trinajstić information content (AvgIpc) is 2.40. The van der Waals surface area contributed by atoms with Crippen molar-refractivity contribution in [1.29, 1.82) is 0 Å². The third kappa shape index (κ3) is 3.50. The molecule has 0 amide bonds. The Kier molecular flexibility index (Phi) is 5.42. The van der Waals surface area contributed by atoms with Gasteiger partial charge in [-0.25, -0.2) is 4.79 Å². The molecule has 0 radical (unpaired) electrons. The SMILES string of the molecule is CCOC(=O)/C=C/c1cc(OC)c(C)c(C)c1OC. The Morgan fingerprint density at radius 1 is 1.21 bits per heavy atom. The van der Waals surface area contributed by atoms with Crippen molar-refractivity contribution in [3.63, 3.8) is 0 Å². The van der Waals surface area contributed by atoms with E-state index in [1.165, 1.54) is 6.08 Å². The fourth-order valence-electron chi connectivity index (χ4n) is 1.84. The molecule has 1 aromatic rings. The molecule has 0 heterocycles. The van der Waals surface area contributed by atoms with Crippen LogP contribution in [-0.4, -0.2) is 26.8 Å². The van der Waals surface area contributed by atoms with Crippen LogP contribution in [0.3, 0.4) is 0 Å². The molecule has 0 aromatic heterocycles. The molecule has 1 aromatic carbocycles. The van der Waals surface area contributed by atoms with Crippen molar-refractivity contribution in [2.24, 2.45) is 0 Å². The minimum Gasteiger partial charge on any atom is -0.496 e. The Morgan fingerprint density at radius 3 is 2.42 bits per heavy atom. The van der Waals surface area contributed by atoms with Gasteiger partial charge >= 0.3 is 5.97 Å². The highest BCUT2D eigenvalue weighted by atomic mass is 16.5. The number of methoxy groups -OCH3 is 2. The Labute approximate surface area is 114 Å². The number of hydrogen-bond donors (Lipinski definition) is 0. The van der Waals surface area contributed by atoms with Gasteiger partial charge in [-0.15, -0.1) is 0 Å². The minimum absolute atomic E-state index is 0.358. The van der Waals surface area contributed by atoms with E-state index in [1.807, 2.05) is 19.9 Å². The summed E-state index contributed by atoms with van der Waals surface area (Å²) in [6.07, 6.45) is 3.06. The van der Waals surface area contributed by atoms with E-state index in [0.717, 1.165) is 28.2 Å². The van der Waals surface area contributed by atoms with E-state index in [1.54, 1.807) is 27.2 Å². The average molecular weight is 264 g/mol. The van der Waals surface area contributed by atoms with Crippen molar-refractivity contribution in [3.05, 3.63) is 28.8 Å². The minimum atomic E-state index is -0.373. The standard InChI is InChI=1S/C15H20O4/c1-6-19-14(16)8-7-12-9-13(17-4)10(2)11(3)15(12)18-5/h7-9H,6H2,1-5H3/b8-7+. The zero-order valence-electron chi connectivity index (χ0n) is 12.1. The van der Waals surface area contributed by atoms with Gasteiger partial charge in [-0.3, -0.25) is 0 Å². The van der Waals surface area contributed by atoms with Gasteiger partial charge in [0.15, 0.2) is 0 Å². The van der Waals surface area contributed by atoms with Gasteiger partial charge in [0, 0.05) is 11.6 Å². The predicted octanol–water partition coefficient (Wildman–Crippen LogP) is 2.90. The summed E-state index contributed by atoms with van der Waals surface area (Å²) in [5.41, 5.74) is 2.80. The van der Waals surface area contributed by atoms with E-state index in [4.69, 9.17) is 14.2 Å². The maximum atomic E-state index is 11.3. The van der Waals surface area contributed by atoms with Gasteiger partial charge < -0.3 is 14.2 Å². The Balaban J connectivity index is 3.19. The number of benzene rings is 1. The summed E-state index contributed by atoms with van der Waals surface area (Å²) < 4.78 is 15.6. The molecule has 0 aliphatic carbocycles. The second-order valence-corrected chi connectivity index (χ2v) is 4.04. The molecule has 4 heteroatoms. The largest absolute Gasteiger partial charge is 0.496 e. The lowest BCUT2D eigenvalue weighted by Gasteiger charge is -2.14. The van der Waals surface area contributed by atoms with Crippen LogP contribution in [0, 0.1) is 13.8 Å². The fourth-order valence-corrected chi connectivity index (χ4v) is 1.84. The molecule has 0 atom stereocenters. The number of ether oxygens (including phenoxy) is 3. The van der Waals surface area contributed by atoms with E-state index >= 15 is 0 Å². The summed E-state index contributed by atoms with van der Waals surface area (Å²) in [6, 6.07) is 1.84. The number of carbonyl (C=O) groups excluding carboxylic acids is 1. The van der Waals surface area contributed by atoms with Crippen LogP contribution in [0.15, 0.2) is 12.1 Å². The third-order valence-electron chi connectivity index (χ3n) is 2.93. The number of hydrogen-bond acceptors (Lipinski definition) is 4. The lowest BCUT2D eigenvalue weighted by atomic mass is 10.0. The number of carbonyl (C=O) groups is 1. The highest BCUT2D eigenvalue weighted by molar-refractivity contribution is 5.88. The lowest BCUT2D eigenvalue weighted by molar-refractivity contribution is -0.137. The molecule has 0 unspecified atom stereocenters. The summed E-state index contributed by atoms with van der Waals surface area (Å²) in [5.74, 6) is 1.13. The molecular formula is C15H20O4. The van der Waals surface area contributed by atoms with Gasteiger partial charge in [0.2, 0.25) is 0 Å². The molecule has 0 bridgehead atoms. The Bertz CT molecular complexity index is 489. The van der Waals surface area contributed by atoms with Crippen molar-refractivity contribution < 1.29 is 19.0 Å². The summed E-state index contributed by atoms with van der Waals surface area (Å²) in [7, 11) is 3.23. The molecule has 0 fully saturated rings. The quantitative estimate of drug-likeness (QED) is 0.606. The number of rotatable bonds is 5. The third-order valence-corrected chi connectivity index (χ3v) is 2.93. The first-order chi connectivity index (χ1) is 9.04. The molecule has 0 spiro atoms. The van der Waals surface area contributed by atoms with Crippen LogP contribution in [0.2, 0.25) is 0 Å². The molecular weight excluding hydrogens is 244 g/mol. The predicted molar refractivity (Wildman–Crippen MR) is 74.7 cm³/mol. The molecule has 0 saturated carbocycles. The van der Waals surface area contributed by atoms with Crippen molar-refractivity contribution in [2.45, 2.75) is 20.8 Å². The molecule has 104 valence electrons. The normalized spacial score (nSPS) is 10.6. The molecule has 0 aliphatic rings. The Hall–Kier alpha value is -1.97. The molecule has 0 aliphatic heterocycles. The molecule has 0 N–H and O–H groups in total. The van der Waals surface area contributed by atoms with Crippen molar-refractivity contribution >= 4 is 12.0 Å². The van der Waals surface area contributed by atoms with Crippen molar-refractivity contribution in [2.75, 3.05) is 20.8 Å². The highest BCUT2D eigenvalue weighted by Gasteiger charge is 2.12. The van der Waals surface area contributed by atoms with Crippen molar-refractivity contribution in [1.82, 2.24) is 0 Å². The van der Waals surface area contributed by atoms with E-state index in [2.05, 4.69) is 0 Å². The zero-order chi connectivity index (χ0) is 14.4. The summed E-state index contributed by atoms with van der Waals surface area (Å²) in [4.78, 5) is 11.3. The lowest BCUT2D eigenvalue weighted by Crippen LogP contribution is -2.00. The summed E-state index contributed by atoms with van der Waals surface area (Å²) in [5, 5.41) is 0. The fraction of sp³-hybridized carbons (Fsp3) is 0.400. The van der Waals surface area contributed by atoms with E-state index < -0.39 is 0 Å². The molecule has 0 saturated heterocycles. The van der Waals surface area contributed by atoms with Gasteiger partial charge in [0.1, 0.15) is 11.5 Å². The smallest absolute Gasteiger partial charge is 0.330 e. The molecule has 4 nitrogen and oxygen atoms in total. The molecule has 19 heavy (non-hydrogen) atoms. The zero-order valence-corrected chi connectivity index (χ0v) is 12.1. The molecule has 1 rings (SSSR count). The van der Waals surface area contributed by atoms with E-state index in [0.29, 0.717) is 6.61 Å². The Morgan fingerprint density at radius 2 is 1.89 bits per heavy atom. The van der Waals surface area contributed by atoms with Gasteiger partial charge in [-0.2, -0.15) is 0 Å². The van der Waals surface area contributed by atoms with Gasteiger partial charge in [-0.1, -0.05) is 0 Å². The maximum absolute atomic E-state index is 11.3. The first kappa shape index (κ1) is 15.1.